The zero-order valence-corrected chi connectivity index (χ0v) is 21.1. The molecule has 2 N–H and O–H groups in total. The first-order chi connectivity index (χ1) is 18.4. The second-order valence-electron chi connectivity index (χ2n) is 8.55. The minimum Gasteiger partial charge on any atom is -0.496 e. The summed E-state index contributed by atoms with van der Waals surface area (Å²) in [7, 11) is 3.16. The lowest BCUT2D eigenvalue weighted by Gasteiger charge is -2.17. The van der Waals surface area contributed by atoms with Crippen LogP contribution in [0.5, 0.6) is 23.0 Å². The molecule has 198 valence electrons. The van der Waals surface area contributed by atoms with Gasteiger partial charge < -0.3 is 24.8 Å². The van der Waals surface area contributed by atoms with Crippen molar-refractivity contribution < 1.29 is 27.4 Å². The van der Waals surface area contributed by atoms with Gasteiger partial charge in [-0.2, -0.15) is 13.2 Å². The van der Waals surface area contributed by atoms with Crippen LogP contribution in [0.2, 0.25) is 0 Å². The number of benzene rings is 4. The van der Waals surface area contributed by atoms with Gasteiger partial charge in [-0.1, -0.05) is 30.3 Å². The summed E-state index contributed by atoms with van der Waals surface area (Å²) in [5, 5.41) is 6.64. The highest BCUT2D eigenvalue weighted by Crippen LogP contribution is 2.36. The van der Waals surface area contributed by atoms with Crippen molar-refractivity contribution in [2.75, 3.05) is 26.1 Å². The van der Waals surface area contributed by atoms with E-state index in [0.717, 1.165) is 34.6 Å². The maximum absolute atomic E-state index is 12.7. The van der Waals surface area contributed by atoms with E-state index in [1.54, 1.807) is 26.4 Å². The van der Waals surface area contributed by atoms with Gasteiger partial charge in [0.15, 0.2) is 0 Å². The Morgan fingerprint density at radius 1 is 0.711 bits per heavy atom. The molecule has 8 heteroatoms. The molecule has 4 aromatic carbocycles. The number of nitrogens with one attached hydrogen (secondary N) is 2. The van der Waals surface area contributed by atoms with Crippen LogP contribution in [0.4, 0.5) is 24.5 Å². The quantitative estimate of drug-likeness (QED) is 0.199. The topological polar surface area (TPSA) is 51.8 Å². The number of ether oxygens (including phenoxy) is 3. The number of halogens is 3. The lowest BCUT2D eigenvalue weighted by atomic mass is 10.1. The van der Waals surface area contributed by atoms with E-state index in [-0.39, 0.29) is 0 Å². The molecular formula is C30H29F3N2O3. The van der Waals surface area contributed by atoms with Crippen molar-refractivity contribution in [1.82, 2.24) is 5.32 Å². The number of alkyl halides is 3. The Hall–Kier alpha value is -4.17. The van der Waals surface area contributed by atoms with Crippen LogP contribution in [-0.2, 0) is 19.1 Å². The molecule has 0 spiro atoms. The summed E-state index contributed by atoms with van der Waals surface area (Å²) < 4.78 is 55.5. The van der Waals surface area contributed by atoms with Crippen molar-refractivity contribution in [1.29, 1.82) is 0 Å². The van der Waals surface area contributed by atoms with E-state index < -0.39 is 11.7 Å². The van der Waals surface area contributed by atoms with Gasteiger partial charge in [-0.15, -0.1) is 0 Å². The molecule has 38 heavy (non-hydrogen) atoms. The standard InChI is InChI=1S/C30H29F3N2O3/c1-36-28-18-26(38-25-14-12-24(13-15-25)35-23-6-4-3-5-7-23)19-29(37-2)27(28)20-34-17-16-21-8-10-22(11-9-21)30(31,32)33/h3-15,18-19,34-35H,16-17,20H2,1-2H3. The van der Waals surface area contributed by atoms with E-state index >= 15 is 0 Å². The third kappa shape index (κ3) is 7.20. The molecule has 0 unspecified atom stereocenters. The Bertz CT molecular complexity index is 1280. The van der Waals surface area contributed by atoms with Gasteiger partial charge in [-0.3, -0.25) is 0 Å². The third-order valence-electron chi connectivity index (χ3n) is 5.91. The minimum absolute atomic E-state index is 0.452. The Morgan fingerprint density at radius 2 is 1.32 bits per heavy atom. The van der Waals surface area contributed by atoms with Gasteiger partial charge in [0.1, 0.15) is 23.0 Å². The van der Waals surface area contributed by atoms with Crippen LogP contribution in [0, 0.1) is 0 Å². The number of rotatable bonds is 11. The maximum atomic E-state index is 12.7. The molecular weight excluding hydrogens is 493 g/mol. The highest BCUT2D eigenvalue weighted by Gasteiger charge is 2.29. The Labute approximate surface area is 220 Å². The van der Waals surface area contributed by atoms with Crippen molar-refractivity contribution in [3.05, 3.63) is 108 Å². The van der Waals surface area contributed by atoms with E-state index in [2.05, 4.69) is 10.6 Å². The van der Waals surface area contributed by atoms with Crippen LogP contribution in [0.3, 0.4) is 0 Å². The molecule has 0 aromatic heterocycles. The fourth-order valence-corrected chi connectivity index (χ4v) is 3.93. The molecule has 4 rings (SSSR count). The molecule has 5 nitrogen and oxygen atoms in total. The van der Waals surface area contributed by atoms with E-state index in [0.29, 0.717) is 42.5 Å². The summed E-state index contributed by atoms with van der Waals surface area (Å²) in [5.74, 6) is 2.43. The molecule has 0 atom stereocenters. The SMILES string of the molecule is COc1cc(Oc2ccc(Nc3ccccc3)cc2)cc(OC)c1CNCCc1ccc(C(F)(F)F)cc1. The van der Waals surface area contributed by atoms with Gasteiger partial charge in [-0.05, 0) is 67.1 Å². The number of methoxy groups -OCH3 is 2. The second kappa shape index (κ2) is 12.4. The molecule has 0 saturated heterocycles. The Balaban J connectivity index is 1.36. The van der Waals surface area contributed by atoms with Crippen molar-refractivity contribution in [2.24, 2.45) is 0 Å². The first-order valence-electron chi connectivity index (χ1n) is 12.1. The predicted octanol–water partition coefficient (Wildman–Crippen LogP) is 7.59. The predicted molar refractivity (Wildman–Crippen MR) is 143 cm³/mol. The fraction of sp³-hybridized carbons (Fsp3) is 0.200. The monoisotopic (exact) mass is 522 g/mol. The fourth-order valence-electron chi connectivity index (χ4n) is 3.93. The smallest absolute Gasteiger partial charge is 0.416 e. The largest absolute Gasteiger partial charge is 0.496 e. The second-order valence-corrected chi connectivity index (χ2v) is 8.55. The molecule has 0 heterocycles. The highest BCUT2D eigenvalue weighted by molar-refractivity contribution is 5.60. The molecule has 0 aliphatic carbocycles. The van der Waals surface area contributed by atoms with Crippen LogP contribution in [-0.4, -0.2) is 20.8 Å². The Kier molecular flexibility index (Phi) is 8.76. The van der Waals surface area contributed by atoms with Gasteiger partial charge in [0.05, 0.1) is 25.3 Å². The first kappa shape index (κ1) is 26.9. The molecule has 0 bridgehead atoms. The number of para-hydroxylation sites is 1. The van der Waals surface area contributed by atoms with Crippen molar-refractivity contribution in [3.8, 4) is 23.0 Å². The van der Waals surface area contributed by atoms with Crippen LogP contribution < -0.4 is 24.8 Å². The molecule has 0 radical (unpaired) electrons. The molecule has 0 fully saturated rings. The first-order valence-corrected chi connectivity index (χ1v) is 12.1. The molecule has 0 saturated carbocycles. The lowest BCUT2D eigenvalue weighted by molar-refractivity contribution is -0.137. The van der Waals surface area contributed by atoms with Gasteiger partial charge in [0.2, 0.25) is 0 Å². The van der Waals surface area contributed by atoms with Gasteiger partial charge in [0, 0.05) is 30.1 Å². The maximum Gasteiger partial charge on any atom is 0.416 e. The highest BCUT2D eigenvalue weighted by atomic mass is 19.4. The average Bonchev–Trinajstić information content (AvgIpc) is 2.92. The average molecular weight is 523 g/mol. The molecule has 0 aliphatic heterocycles. The van der Waals surface area contributed by atoms with Gasteiger partial charge in [-0.25, -0.2) is 0 Å². The molecule has 4 aromatic rings. The normalized spacial score (nSPS) is 11.2. The third-order valence-corrected chi connectivity index (χ3v) is 5.91. The van der Waals surface area contributed by atoms with Crippen molar-refractivity contribution in [2.45, 2.75) is 19.1 Å². The van der Waals surface area contributed by atoms with Crippen LogP contribution >= 0.6 is 0 Å². The van der Waals surface area contributed by atoms with Gasteiger partial charge >= 0.3 is 6.18 Å². The van der Waals surface area contributed by atoms with Crippen LogP contribution in [0.25, 0.3) is 0 Å². The van der Waals surface area contributed by atoms with E-state index in [4.69, 9.17) is 14.2 Å². The zero-order chi connectivity index (χ0) is 27.0. The Morgan fingerprint density at radius 3 is 1.89 bits per heavy atom. The van der Waals surface area contributed by atoms with E-state index in [1.165, 1.54) is 12.1 Å². The summed E-state index contributed by atoms with van der Waals surface area (Å²) in [4.78, 5) is 0. The minimum atomic E-state index is -4.33. The lowest BCUT2D eigenvalue weighted by Crippen LogP contribution is -2.18. The van der Waals surface area contributed by atoms with Crippen molar-refractivity contribution >= 4 is 11.4 Å². The van der Waals surface area contributed by atoms with Crippen molar-refractivity contribution in [3.63, 3.8) is 0 Å². The number of anilines is 2. The summed E-state index contributed by atoms with van der Waals surface area (Å²) in [6, 6.07) is 26.3. The summed E-state index contributed by atoms with van der Waals surface area (Å²) in [6.45, 7) is 1.02. The zero-order valence-electron chi connectivity index (χ0n) is 21.1. The summed E-state index contributed by atoms with van der Waals surface area (Å²) in [5.41, 5.74) is 2.93. The summed E-state index contributed by atoms with van der Waals surface area (Å²) >= 11 is 0. The number of hydrogen-bond donors (Lipinski definition) is 2. The van der Waals surface area contributed by atoms with Crippen LogP contribution in [0.1, 0.15) is 16.7 Å². The van der Waals surface area contributed by atoms with Crippen LogP contribution in [0.15, 0.2) is 91.0 Å². The molecule has 0 aliphatic rings. The summed E-state index contributed by atoms with van der Waals surface area (Å²) in [6.07, 6.45) is -3.75. The van der Waals surface area contributed by atoms with Gasteiger partial charge in [0.25, 0.3) is 0 Å². The van der Waals surface area contributed by atoms with E-state index in [1.807, 2.05) is 54.6 Å². The number of hydrogen-bond acceptors (Lipinski definition) is 5. The van der Waals surface area contributed by atoms with E-state index in [9.17, 15) is 13.2 Å². The molecule has 0 amide bonds.